The van der Waals surface area contributed by atoms with Crippen molar-refractivity contribution in [2.45, 2.75) is 19.6 Å². The number of hydrogen-bond acceptors (Lipinski definition) is 2. The van der Waals surface area contributed by atoms with Gasteiger partial charge in [0.1, 0.15) is 11.5 Å². The number of alkyl halides is 3. The number of imidazole rings is 1. The van der Waals surface area contributed by atoms with E-state index in [9.17, 15) is 18.0 Å². The van der Waals surface area contributed by atoms with Crippen molar-refractivity contribution in [3.05, 3.63) is 17.7 Å². The number of halogens is 3. The summed E-state index contributed by atoms with van der Waals surface area (Å²) >= 11 is 0. The summed E-state index contributed by atoms with van der Waals surface area (Å²) in [4.78, 5) is 16.2. The molecule has 0 atom stereocenters. The van der Waals surface area contributed by atoms with Crippen LogP contribution in [0.4, 0.5) is 13.2 Å². The Labute approximate surface area is 102 Å². The van der Waals surface area contributed by atoms with Crippen molar-refractivity contribution in [1.29, 1.82) is 0 Å². The van der Waals surface area contributed by atoms with Crippen LogP contribution in [-0.4, -0.2) is 27.4 Å². The Morgan fingerprint density at radius 3 is 2.61 bits per heavy atom. The summed E-state index contributed by atoms with van der Waals surface area (Å²) in [5, 5.41) is 0. The fraction of sp³-hybridized carbons (Fsp3) is 0.455. The molecule has 0 aliphatic heterocycles. The lowest BCUT2D eigenvalue weighted by Gasteiger charge is -2.14. The summed E-state index contributed by atoms with van der Waals surface area (Å²) in [6, 6.07) is 0. The molecular weight excluding hydrogens is 247 g/mol. The number of hydrogen-bond donors (Lipinski definition) is 0. The van der Waals surface area contributed by atoms with Gasteiger partial charge in [-0.1, -0.05) is 5.92 Å². The first-order chi connectivity index (χ1) is 8.27. The zero-order chi connectivity index (χ0) is 13.9. The van der Waals surface area contributed by atoms with E-state index in [1.54, 1.807) is 0 Å². The van der Waals surface area contributed by atoms with Crippen molar-refractivity contribution >= 4 is 5.91 Å². The molecule has 0 N–H and O–H groups in total. The second-order valence-corrected chi connectivity index (χ2v) is 3.65. The number of rotatable bonds is 2. The van der Waals surface area contributed by atoms with Crippen molar-refractivity contribution in [2.75, 3.05) is 7.05 Å². The smallest absolute Gasteiger partial charge is 0.327 e. The molecule has 1 amide bonds. The highest BCUT2D eigenvalue weighted by atomic mass is 19.4. The lowest BCUT2D eigenvalue weighted by Crippen LogP contribution is -2.26. The van der Waals surface area contributed by atoms with Gasteiger partial charge in [0.05, 0.1) is 12.7 Å². The van der Waals surface area contributed by atoms with Gasteiger partial charge in [0, 0.05) is 14.1 Å². The third kappa shape index (κ3) is 3.03. The first-order valence-electron chi connectivity index (χ1n) is 5.03. The average Bonchev–Trinajstić information content (AvgIpc) is 2.60. The highest BCUT2D eigenvalue weighted by Crippen LogP contribution is 2.29. The lowest BCUT2D eigenvalue weighted by atomic mass is 10.4. The van der Waals surface area contributed by atoms with Crippen LogP contribution in [0.3, 0.4) is 0 Å². The van der Waals surface area contributed by atoms with Gasteiger partial charge in [-0.3, -0.25) is 4.79 Å². The number of nitrogens with zero attached hydrogens (tertiary/aromatic N) is 3. The van der Waals surface area contributed by atoms with Gasteiger partial charge in [-0.25, -0.2) is 4.98 Å². The Morgan fingerprint density at radius 2 is 2.17 bits per heavy atom. The summed E-state index contributed by atoms with van der Waals surface area (Å²) in [5.41, 5.74) is -0.847. The van der Waals surface area contributed by atoms with Crippen molar-refractivity contribution in [3.8, 4) is 11.8 Å². The molecule has 0 aromatic carbocycles. The lowest BCUT2D eigenvalue weighted by molar-refractivity contribution is -0.143. The van der Waals surface area contributed by atoms with E-state index in [0.29, 0.717) is 0 Å². The summed E-state index contributed by atoms with van der Waals surface area (Å²) in [5.74, 6) is 4.41. The molecule has 7 heteroatoms. The number of carbonyl (C=O) groups excluding carboxylic acids is 1. The molecule has 1 heterocycles. The van der Waals surface area contributed by atoms with E-state index in [2.05, 4.69) is 16.8 Å². The van der Waals surface area contributed by atoms with Gasteiger partial charge in [0.15, 0.2) is 0 Å². The molecule has 0 aliphatic rings. The van der Waals surface area contributed by atoms with Crippen molar-refractivity contribution in [3.63, 3.8) is 0 Å². The fourth-order valence-electron chi connectivity index (χ4n) is 1.34. The van der Waals surface area contributed by atoms with Gasteiger partial charge >= 0.3 is 6.18 Å². The van der Waals surface area contributed by atoms with Crippen molar-refractivity contribution < 1.29 is 18.0 Å². The molecule has 0 fully saturated rings. The van der Waals surface area contributed by atoms with Crippen molar-refractivity contribution in [2.24, 2.45) is 7.05 Å². The van der Waals surface area contributed by atoms with Gasteiger partial charge in [-0.15, -0.1) is 0 Å². The molecule has 0 unspecified atom stereocenters. The summed E-state index contributed by atoms with van der Waals surface area (Å²) < 4.78 is 38.5. The zero-order valence-electron chi connectivity index (χ0n) is 10.2. The molecule has 1 rings (SSSR count). The number of aromatic nitrogens is 2. The molecule has 1 aromatic heterocycles. The zero-order valence-corrected chi connectivity index (χ0v) is 10.2. The second kappa shape index (κ2) is 5.12. The van der Waals surface area contributed by atoms with Crippen LogP contribution in [0.5, 0.6) is 0 Å². The van der Waals surface area contributed by atoms with E-state index in [1.165, 1.54) is 25.9 Å². The van der Waals surface area contributed by atoms with Crippen LogP contribution in [0.15, 0.2) is 6.20 Å². The minimum Gasteiger partial charge on any atom is -0.327 e. The predicted octanol–water partition coefficient (Wildman–Crippen LogP) is 1.42. The van der Waals surface area contributed by atoms with Crippen LogP contribution >= 0.6 is 0 Å². The van der Waals surface area contributed by atoms with E-state index in [1.807, 2.05) is 0 Å². The topological polar surface area (TPSA) is 38.1 Å². The Hall–Kier alpha value is -1.97. The van der Waals surface area contributed by atoms with E-state index in [-0.39, 0.29) is 12.4 Å². The van der Waals surface area contributed by atoms with Crippen molar-refractivity contribution in [1.82, 2.24) is 14.5 Å². The Balaban J connectivity index is 2.89. The van der Waals surface area contributed by atoms with Gasteiger partial charge in [-0.05, 0) is 12.8 Å². The van der Waals surface area contributed by atoms with Crippen LogP contribution in [0.2, 0.25) is 0 Å². The van der Waals surface area contributed by atoms with Gasteiger partial charge in [-0.2, -0.15) is 13.2 Å². The summed E-state index contributed by atoms with van der Waals surface area (Å²) in [7, 11) is 2.71. The molecule has 0 saturated carbocycles. The molecule has 0 aliphatic carbocycles. The van der Waals surface area contributed by atoms with Crippen LogP contribution in [0.1, 0.15) is 18.4 Å². The third-order valence-electron chi connectivity index (χ3n) is 2.33. The van der Waals surface area contributed by atoms with Crippen LogP contribution in [0.25, 0.3) is 0 Å². The third-order valence-corrected chi connectivity index (χ3v) is 2.33. The number of carbonyl (C=O) groups is 1. The summed E-state index contributed by atoms with van der Waals surface area (Å²) in [6.07, 6.45) is -3.70. The minimum absolute atomic E-state index is 0.0277. The predicted molar refractivity (Wildman–Crippen MR) is 58.1 cm³/mol. The van der Waals surface area contributed by atoms with Gasteiger partial charge in [0.2, 0.25) is 0 Å². The van der Waals surface area contributed by atoms with E-state index in [4.69, 9.17) is 0 Å². The van der Waals surface area contributed by atoms with Crippen LogP contribution in [-0.2, 0) is 24.6 Å². The second-order valence-electron chi connectivity index (χ2n) is 3.65. The maximum absolute atomic E-state index is 12.5. The SMILES string of the molecule is CC#CC(=O)N(C)Cc1ncc(C(F)(F)F)n1C. The molecule has 0 spiro atoms. The highest BCUT2D eigenvalue weighted by molar-refractivity contribution is 5.93. The van der Waals surface area contributed by atoms with E-state index >= 15 is 0 Å². The largest absolute Gasteiger partial charge is 0.432 e. The van der Waals surface area contributed by atoms with Gasteiger partial charge < -0.3 is 9.47 Å². The van der Waals surface area contributed by atoms with Gasteiger partial charge in [0.25, 0.3) is 5.91 Å². The molecule has 1 aromatic rings. The normalized spacial score (nSPS) is 10.8. The molecule has 98 valence electrons. The van der Waals surface area contributed by atoms with E-state index < -0.39 is 17.8 Å². The first-order valence-corrected chi connectivity index (χ1v) is 5.03. The molecule has 0 saturated heterocycles. The van der Waals surface area contributed by atoms with Crippen LogP contribution < -0.4 is 0 Å². The average molecular weight is 259 g/mol. The monoisotopic (exact) mass is 259 g/mol. The fourth-order valence-corrected chi connectivity index (χ4v) is 1.34. The Morgan fingerprint density at radius 1 is 1.56 bits per heavy atom. The first kappa shape index (κ1) is 14.1. The standard InChI is InChI=1S/C11H12F3N3O/c1-4-5-10(18)16(2)7-9-15-6-8(17(9)3)11(12,13)14/h6H,7H2,1-3H3. The quantitative estimate of drug-likeness (QED) is 0.753. The Bertz CT molecular complexity index is 508. The minimum atomic E-state index is -4.45. The van der Waals surface area contributed by atoms with Crippen LogP contribution in [0, 0.1) is 11.8 Å². The summed E-state index contributed by atoms with van der Waals surface area (Å²) in [6.45, 7) is 1.48. The maximum atomic E-state index is 12.5. The molecule has 0 bridgehead atoms. The number of amides is 1. The highest BCUT2D eigenvalue weighted by Gasteiger charge is 2.35. The molecule has 4 nitrogen and oxygen atoms in total. The Kier molecular flexibility index (Phi) is 4.01. The molecular formula is C11H12F3N3O. The maximum Gasteiger partial charge on any atom is 0.432 e. The molecule has 18 heavy (non-hydrogen) atoms. The molecule has 0 radical (unpaired) electrons. The van der Waals surface area contributed by atoms with E-state index in [0.717, 1.165) is 10.8 Å².